The Balaban J connectivity index is 0.000000275. The molecule has 0 bridgehead atoms. The van der Waals surface area contributed by atoms with E-state index in [1.807, 2.05) is 91.9 Å². The van der Waals surface area contributed by atoms with Crippen molar-refractivity contribution in [2.24, 2.45) is 11.8 Å². The maximum atomic E-state index is 13.2. The summed E-state index contributed by atoms with van der Waals surface area (Å²) in [6.45, 7) is 12.4. The number of hydrogen-bond donors (Lipinski definition) is 1. The van der Waals surface area contributed by atoms with Crippen molar-refractivity contribution in [3.8, 4) is 11.5 Å². The van der Waals surface area contributed by atoms with Crippen LogP contribution in [0.5, 0.6) is 11.5 Å². The molecule has 4 aromatic rings. The number of Topliss-reactive ketones (excluding diaryl/α,β-unsaturated/α-hetero) is 1. The molecule has 1 heterocycles. The summed E-state index contributed by atoms with van der Waals surface area (Å²) in [7, 11) is 3.29. The Morgan fingerprint density at radius 3 is 1.70 bits per heavy atom. The highest BCUT2D eigenvalue weighted by Gasteiger charge is 2.35. The zero-order chi connectivity index (χ0) is 43.7. The lowest BCUT2D eigenvalue weighted by molar-refractivity contribution is -0.157. The van der Waals surface area contributed by atoms with Gasteiger partial charge >= 0.3 is 5.97 Å². The van der Waals surface area contributed by atoms with Crippen LogP contribution >= 0.6 is 23.2 Å². The zero-order valence-corrected chi connectivity index (χ0v) is 37.0. The summed E-state index contributed by atoms with van der Waals surface area (Å²) in [5, 5.41) is 3.46. The minimum absolute atomic E-state index is 0.123. The van der Waals surface area contributed by atoms with E-state index in [0.717, 1.165) is 29.2 Å². The number of alkyl halides is 2. The molecule has 0 aliphatic carbocycles. The highest BCUT2D eigenvalue weighted by atomic mass is 35.5. The first-order valence-electron chi connectivity index (χ1n) is 20.0. The molecule has 1 aliphatic heterocycles. The molecule has 1 amide bonds. The summed E-state index contributed by atoms with van der Waals surface area (Å²) in [5.41, 5.74) is 4.47. The Hall–Kier alpha value is -4.71. The summed E-state index contributed by atoms with van der Waals surface area (Å²) < 4.78 is 26.5. The van der Waals surface area contributed by atoms with Crippen molar-refractivity contribution in [1.29, 1.82) is 0 Å². The number of amides is 1. The molecule has 0 aromatic heterocycles. The molecule has 60 heavy (non-hydrogen) atoms. The fourth-order valence-electron chi connectivity index (χ4n) is 5.96. The highest BCUT2D eigenvalue weighted by molar-refractivity contribution is 6.18. The molecule has 2 unspecified atom stereocenters. The van der Waals surface area contributed by atoms with Gasteiger partial charge in [0, 0.05) is 30.9 Å². The number of rotatable bonds is 22. The molecule has 1 fully saturated rings. The highest BCUT2D eigenvalue weighted by Crippen LogP contribution is 2.27. The van der Waals surface area contributed by atoms with Gasteiger partial charge in [0.2, 0.25) is 5.91 Å². The molecule has 4 atom stereocenters. The summed E-state index contributed by atoms with van der Waals surface area (Å²) >= 11 is 11.2. The van der Waals surface area contributed by atoms with Crippen LogP contribution in [0.25, 0.3) is 0 Å². The van der Waals surface area contributed by atoms with E-state index in [0.29, 0.717) is 63.5 Å². The smallest absolute Gasteiger partial charge is 0.321 e. The van der Waals surface area contributed by atoms with Gasteiger partial charge in [-0.15, -0.1) is 23.2 Å². The largest absolute Gasteiger partial charge is 0.497 e. The van der Waals surface area contributed by atoms with E-state index >= 15 is 0 Å². The van der Waals surface area contributed by atoms with Crippen LogP contribution in [-0.4, -0.2) is 73.8 Å². The van der Waals surface area contributed by atoms with Gasteiger partial charge in [-0.05, 0) is 80.1 Å². The number of hydrogen-bond acceptors (Lipinski definition) is 9. The first kappa shape index (κ1) is 49.7. The molecule has 1 saturated heterocycles. The van der Waals surface area contributed by atoms with Gasteiger partial charge in [0.15, 0.2) is 0 Å². The third kappa shape index (κ3) is 17.9. The van der Waals surface area contributed by atoms with Gasteiger partial charge in [-0.1, -0.05) is 91.5 Å². The predicted octanol–water partition coefficient (Wildman–Crippen LogP) is 9.16. The Morgan fingerprint density at radius 1 is 0.750 bits per heavy atom. The van der Waals surface area contributed by atoms with Crippen LogP contribution in [0.15, 0.2) is 122 Å². The second kappa shape index (κ2) is 27.9. The van der Waals surface area contributed by atoms with Crippen molar-refractivity contribution in [2.45, 2.75) is 72.0 Å². The first-order chi connectivity index (χ1) is 29.0. The van der Waals surface area contributed by atoms with Crippen molar-refractivity contribution >= 4 is 40.9 Å². The van der Waals surface area contributed by atoms with Crippen LogP contribution in [0, 0.1) is 11.8 Å². The number of nitrogens with one attached hydrogen (secondary N) is 1. The van der Waals surface area contributed by atoms with Crippen LogP contribution in [0.2, 0.25) is 0 Å². The summed E-state index contributed by atoms with van der Waals surface area (Å²) in [6.07, 6.45) is 0.978. The zero-order valence-electron chi connectivity index (χ0n) is 35.4. The molecule has 12 heteroatoms. The standard InChI is InChI=1S/C24H30ClNO4.C18H23NO2.C6H7ClO2/c1-18(16-30-17-21-7-5-4-6-8-21)26(24(28)23(13-14-25)19(2)27)15-20-9-11-22(29-3)12-10-20;1-15(13-21-14-17-6-4-3-5-7-17)19-12-16-8-10-18(20-2)11-9-16;1-4-5(2-3-7)6(8)9-4/h4-12,18,23H,13-17H2,1-3H3;3-11,15,19H,12-14H2,1-2H3;5H,1-3H2/t18-,23?;15-;/m11./s1. The van der Waals surface area contributed by atoms with Gasteiger partial charge in [0.05, 0.1) is 52.6 Å². The monoisotopic (exact) mass is 862 g/mol. The molecule has 0 saturated carbocycles. The summed E-state index contributed by atoms with van der Waals surface area (Å²) in [4.78, 5) is 37.5. The van der Waals surface area contributed by atoms with Crippen molar-refractivity contribution in [3.05, 3.63) is 144 Å². The molecule has 1 N–H and O–H groups in total. The second-order valence-corrected chi connectivity index (χ2v) is 15.1. The molecule has 10 nitrogen and oxygen atoms in total. The van der Waals surface area contributed by atoms with Gasteiger partial charge < -0.3 is 33.9 Å². The SMILES string of the molecule is C=C1OC(=O)C1CCCl.COc1ccc(CN(C(=O)C(CCCl)C(C)=O)[C@H](C)COCc2ccccc2)cc1.COc1ccc(CN[C@H](C)COCc2ccccc2)cc1. The number of ether oxygens (including phenoxy) is 5. The van der Waals surface area contributed by atoms with Crippen LogP contribution in [0.4, 0.5) is 0 Å². The average molecular weight is 864 g/mol. The van der Waals surface area contributed by atoms with Gasteiger partial charge in [-0.3, -0.25) is 14.4 Å². The Bertz CT molecular complexity index is 1830. The van der Waals surface area contributed by atoms with Crippen molar-refractivity contribution in [3.63, 3.8) is 0 Å². The number of cyclic esters (lactones) is 1. The Kier molecular flexibility index (Phi) is 23.1. The van der Waals surface area contributed by atoms with Crippen LogP contribution in [-0.2, 0) is 54.9 Å². The molecule has 0 spiro atoms. The van der Waals surface area contributed by atoms with E-state index in [4.69, 9.17) is 42.1 Å². The van der Waals surface area contributed by atoms with E-state index in [2.05, 4.69) is 47.8 Å². The van der Waals surface area contributed by atoms with Gasteiger partial charge in [-0.2, -0.15) is 0 Å². The van der Waals surface area contributed by atoms with Crippen molar-refractivity contribution in [1.82, 2.24) is 10.2 Å². The van der Waals surface area contributed by atoms with Crippen LogP contribution in [0.3, 0.4) is 0 Å². The lowest BCUT2D eigenvalue weighted by Crippen LogP contribution is -2.45. The third-order valence-electron chi connectivity index (χ3n) is 9.58. The molecule has 0 radical (unpaired) electrons. The lowest BCUT2D eigenvalue weighted by atomic mass is 9.99. The minimum atomic E-state index is -0.739. The normalized spacial score (nSPS) is 14.4. The Labute approximate surface area is 366 Å². The van der Waals surface area contributed by atoms with Gasteiger partial charge in [-0.25, -0.2) is 0 Å². The van der Waals surface area contributed by atoms with Crippen molar-refractivity contribution < 1.29 is 38.1 Å². The molecular weight excluding hydrogens is 803 g/mol. The maximum absolute atomic E-state index is 13.2. The fraction of sp³-hybridized carbons (Fsp3) is 0.396. The quantitative estimate of drug-likeness (QED) is 0.0470. The lowest BCUT2D eigenvalue weighted by Gasteiger charge is -2.32. The minimum Gasteiger partial charge on any atom is -0.497 e. The van der Waals surface area contributed by atoms with Crippen LogP contribution in [0.1, 0.15) is 55.9 Å². The number of halogens is 2. The van der Waals surface area contributed by atoms with E-state index in [1.54, 1.807) is 19.1 Å². The number of ketones is 1. The fourth-order valence-corrected chi connectivity index (χ4v) is 6.39. The molecule has 324 valence electrons. The number of benzene rings is 4. The number of nitrogens with zero attached hydrogens (tertiary/aromatic N) is 1. The number of carbonyl (C=O) groups excluding carboxylic acids is 3. The molecule has 1 aliphatic rings. The molecule has 4 aromatic carbocycles. The maximum Gasteiger partial charge on any atom is 0.321 e. The van der Waals surface area contributed by atoms with Crippen LogP contribution < -0.4 is 14.8 Å². The van der Waals surface area contributed by atoms with Gasteiger partial charge in [0.25, 0.3) is 0 Å². The van der Waals surface area contributed by atoms with Crippen molar-refractivity contribution in [2.75, 3.05) is 39.2 Å². The Morgan fingerprint density at radius 2 is 1.27 bits per heavy atom. The van der Waals surface area contributed by atoms with E-state index in [1.165, 1.54) is 18.1 Å². The van der Waals surface area contributed by atoms with Gasteiger partial charge in [0.1, 0.15) is 29.0 Å². The summed E-state index contributed by atoms with van der Waals surface area (Å²) in [5.74, 6) is 1.50. The second-order valence-electron chi connectivity index (χ2n) is 14.4. The topological polar surface area (TPSA) is 113 Å². The predicted molar refractivity (Wildman–Crippen MR) is 238 cm³/mol. The van der Waals surface area contributed by atoms with E-state index in [-0.39, 0.29) is 35.5 Å². The summed E-state index contributed by atoms with van der Waals surface area (Å²) in [6, 6.07) is 35.9. The first-order valence-corrected chi connectivity index (χ1v) is 21.1. The number of methoxy groups -OCH3 is 2. The third-order valence-corrected chi connectivity index (χ3v) is 10.0. The average Bonchev–Trinajstić information content (AvgIpc) is 3.27. The van der Waals surface area contributed by atoms with E-state index in [9.17, 15) is 14.4 Å². The molecule has 5 rings (SSSR count). The number of esters is 1. The number of carbonyl (C=O) groups is 3. The van der Waals surface area contributed by atoms with E-state index < -0.39 is 5.92 Å². The molecular formula is C48H60Cl2N2O8.